The first-order valence-corrected chi connectivity index (χ1v) is 7.78. The number of imidazole rings is 1. The lowest BCUT2D eigenvalue weighted by Crippen LogP contribution is -2.36. The number of rotatable bonds is 4. The summed E-state index contributed by atoms with van der Waals surface area (Å²) in [5.41, 5.74) is 0.919. The molecule has 0 unspecified atom stereocenters. The molecule has 0 spiro atoms. The van der Waals surface area contributed by atoms with Crippen LogP contribution < -0.4 is 0 Å². The molecular formula is C16H22N4O2. The Morgan fingerprint density at radius 2 is 2.27 bits per heavy atom. The fourth-order valence-corrected chi connectivity index (χ4v) is 2.69. The number of carbonyl (C=O) groups excluding carboxylic acids is 1. The molecule has 0 saturated heterocycles. The van der Waals surface area contributed by atoms with Gasteiger partial charge >= 0.3 is 0 Å². The number of amides is 1. The Hall–Kier alpha value is -2.11. The summed E-state index contributed by atoms with van der Waals surface area (Å²) in [5, 5.41) is 0. The zero-order valence-corrected chi connectivity index (χ0v) is 13.4. The van der Waals surface area contributed by atoms with Gasteiger partial charge in [-0.15, -0.1) is 0 Å². The maximum Gasteiger partial charge on any atom is 0.224 e. The molecule has 3 rings (SSSR count). The molecule has 1 aliphatic rings. The number of fused-ring (bicyclic) bond motifs is 1. The van der Waals surface area contributed by atoms with E-state index in [0.717, 1.165) is 29.6 Å². The number of aryl methyl sites for hydroxylation is 2. The van der Waals surface area contributed by atoms with Gasteiger partial charge in [-0.05, 0) is 6.92 Å². The summed E-state index contributed by atoms with van der Waals surface area (Å²) in [6.07, 6.45) is 4.91. The molecule has 0 aromatic carbocycles. The highest BCUT2D eigenvalue weighted by molar-refractivity contribution is 5.76. The lowest BCUT2D eigenvalue weighted by Gasteiger charge is -2.25. The minimum atomic E-state index is 0.160. The van der Waals surface area contributed by atoms with Crippen molar-refractivity contribution in [3.8, 4) is 0 Å². The average molecular weight is 302 g/mol. The van der Waals surface area contributed by atoms with Crippen molar-refractivity contribution in [2.24, 2.45) is 0 Å². The average Bonchev–Trinajstić information content (AvgIpc) is 3.09. The third-order valence-corrected chi connectivity index (χ3v) is 4.08. The Morgan fingerprint density at radius 1 is 1.45 bits per heavy atom. The maximum absolute atomic E-state index is 12.4. The predicted molar refractivity (Wildman–Crippen MR) is 81.3 cm³/mol. The first-order chi connectivity index (χ1) is 10.5. The molecule has 0 radical (unpaired) electrons. The van der Waals surface area contributed by atoms with E-state index in [0.29, 0.717) is 26.1 Å². The minimum Gasteiger partial charge on any atom is -0.445 e. The number of hydrogen-bond donors (Lipinski definition) is 0. The van der Waals surface area contributed by atoms with Crippen molar-refractivity contribution >= 4 is 5.91 Å². The van der Waals surface area contributed by atoms with E-state index in [4.69, 9.17) is 4.42 Å². The number of hydrogen-bond acceptors (Lipinski definition) is 4. The van der Waals surface area contributed by atoms with E-state index in [1.54, 1.807) is 6.20 Å². The number of nitrogens with zero attached hydrogens (tertiary/aromatic N) is 4. The molecule has 0 saturated carbocycles. The van der Waals surface area contributed by atoms with Gasteiger partial charge in [0.2, 0.25) is 5.91 Å². The minimum absolute atomic E-state index is 0.160. The van der Waals surface area contributed by atoms with Crippen molar-refractivity contribution in [2.45, 2.75) is 52.6 Å². The zero-order chi connectivity index (χ0) is 15.7. The third-order valence-electron chi connectivity index (χ3n) is 4.08. The van der Waals surface area contributed by atoms with Gasteiger partial charge in [0.15, 0.2) is 5.89 Å². The molecule has 0 bridgehead atoms. The van der Waals surface area contributed by atoms with Gasteiger partial charge in [-0.25, -0.2) is 9.97 Å². The van der Waals surface area contributed by atoms with Gasteiger partial charge in [-0.2, -0.15) is 0 Å². The van der Waals surface area contributed by atoms with Crippen molar-refractivity contribution < 1.29 is 9.21 Å². The highest BCUT2D eigenvalue weighted by Crippen LogP contribution is 2.24. The molecule has 2 aromatic heterocycles. The standard InChI is InChI=1S/C16H22N4O2/c1-11(2)16-18-13-10-20(7-4-14(13)22-16)15(21)5-8-19-9-6-17-12(19)3/h6,9,11H,4-5,7-8,10H2,1-3H3. The number of carbonyl (C=O) groups is 1. The normalized spacial score (nSPS) is 14.5. The second-order valence-electron chi connectivity index (χ2n) is 6.06. The van der Waals surface area contributed by atoms with Crippen LogP contribution in [0, 0.1) is 6.92 Å². The Bertz CT molecular complexity index is 671. The van der Waals surface area contributed by atoms with Crippen LogP contribution in [0.1, 0.15) is 49.4 Å². The monoisotopic (exact) mass is 302 g/mol. The second kappa shape index (κ2) is 5.94. The van der Waals surface area contributed by atoms with E-state index < -0.39 is 0 Å². The van der Waals surface area contributed by atoms with Crippen LogP contribution in [0.2, 0.25) is 0 Å². The molecule has 3 heterocycles. The predicted octanol–water partition coefficient (Wildman–Crippen LogP) is 2.28. The molecule has 118 valence electrons. The summed E-state index contributed by atoms with van der Waals surface area (Å²) in [4.78, 5) is 23.0. The molecule has 1 amide bonds. The Balaban J connectivity index is 1.61. The largest absolute Gasteiger partial charge is 0.445 e. The third kappa shape index (κ3) is 2.91. The van der Waals surface area contributed by atoms with Gasteiger partial charge in [0.05, 0.1) is 6.54 Å². The molecule has 1 aliphatic heterocycles. The summed E-state index contributed by atoms with van der Waals surface area (Å²) in [7, 11) is 0. The van der Waals surface area contributed by atoms with E-state index in [1.165, 1.54) is 0 Å². The molecule has 6 heteroatoms. The van der Waals surface area contributed by atoms with Crippen LogP contribution in [-0.4, -0.2) is 31.9 Å². The van der Waals surface area contributed by atoms with Crippen LogP contribution in [-0.2, 0) is 24.3 Å². The van der Waals surface area contributed by atoms with Gasteiger partial charge in [0.1, 0.15) is 17.3 Å². The van der Waals surface area contributed by atoms with E-state index in [9.17, 15) is 4.79 Å². The van der Waals surface area contributed by atoms with Crippen LogP contribution in [0.3, 0.4) is 0 Å². The Kier molecular flexibility index (Phi) is 4.00. The van der Waals surface area contributed by atoms with Gasteiger partial charge in [0.25, 0.3) is 0 Å². The Labute approximate surface area is 130 Å². The Morgan fingerprint density at radius 3 is 2.95 bits per heavy atom. The van der Waals surface area contributed by atoms with Crippen LogP contribution in [0.25, 0.3) is 0 Å². The van der Waals surface area contributed by atoms with Crippen LogP contribution in [0.4, 0.5) is 0 Å². The first kappa shape index (κ1) is 14.8. The summed E-state index contributed by atoms with van der Waals surface area (Å²) in [5.74, 6) is 3.09. The van der Waals surface area contributed by atoms with E-state index in [-0.39, 0.29) is 11.8 Å². The summed E-state index contributed by atoms with van der Waals surface area (Å²) < 4.78 is 7.77. The topological polar surface area (TPSA) is 64.2 Å². The molecule has 22 heavy (non-hydrogen) atoms. The summed E-state index contributed by atoms with van der Waals surface area (Å²) in [6.45, 7) is 8.01. The van der Waals surface area contributed by atoms with Crippen LogP contribution in [0.5, 0.6) is 0 Å². The van der Waals surface area contributed by atoms with E-state index in [1.807, 2.05) is 22.6 Å². The molecule has 0 N–H and O–H groups in total. The smallest absolute Gasteiger partial charge is 0.224 e. The highest BCUT2D eigenvalue weighted by Gasteiger charge is 2.25. The van der Waals surface area contributed by atoms with Crippen molar-refractivity contribution in [2.75, 3.05) is 6.54 Å². The van der Waals surface area contributed by atoms with E-state index >= 15 is 0 Å². The maximum atomic E-state index is 12.4. The van der Waals surface area contributed by atoms with Gasteiger partial charge < -0.3 is 13.9 Å². The molecule has 0 aliphatic carbocycles. The van der Waals surface area contributed by atoms with Crippen molar-refractivity contribution in [3.63, 3.8) is 0 Å². The lowest BCUT2D eigenvalue weighted by molar-refractivity contribution is -0.132. The van der Waals surface area contributed by atoms with E-state index in [2.05, 4.69) is 23.8 Å². The lowest BCUT2D eigenvalue weighted by atomic mass is 10.1. The quantitative estimate of drug-likeness (QED) is 0.869. The van der Waals surface area contributed by atoms with Crippen molar-refractivity contribution in [3.05, 3.63) is 35.6 Å². The summed E-state index contributed by atoms with van der Waals surface area (Å²) in [6, 6.07) is 0. The van der Waals surface area contributed by atoms with Gasteiger partial charge in [-0.3, -0.25) is 4.79 Å². The van der Waals surface area contributed by atoms with Gasteiger partial charge in [0, 0.05) is 44.2 Å². The number of oxazole rings is 1. The highest BCUT2D eigenvalue weighted by atomic mass is 16.4. The first-order valence-electron chi connectivity index (χ1n) is 7.78. The van der Waals surface area contributed by atoms with Gasteiger partial charge in [-0.1, -0.05) is 13.8 Å². The fourth-order valence-electron chi connectivity index (χ4n) is 2.69. The molecule has 2 aromatic rings. The molecule has 0 fully saturated rings. The van der Waals surface area contributed by atoms with Crippen molar-refractivity contribution in [1.29, 1.82) is 0 Å². The SMILES string of the molecule is Cc1nccn1CCC(=O)N1CCc2oc(C(C)C)nc2C1. The summed E-state index contributed by atoms with van der Waals surface area (Å²) >= 11 is 0. The zero-order valence-electron chi connectivity index (χ0n) is 13.4. The van der Waals surface area contributed by atoms with Crippen LogP contribution in [0.15, 0.2) is 16.8 Å². The van der Waals surface area contributed by atoms with Crippen LogP contribution >= 0.6 is 0 Å². The fraction of sp³-hybridized carbons (Fsp3) is 0.562. The van der Waals surface area contributed by atoms with Crippen molar-refractivity contribution in [1.82, 2.24) is 19.4 Å². The second-order valence-corrected chi connectivity index (χ2v) is 6.06. The molecular weight excluding hydrogens is 280 g/mol. The number of aromatic nitrogens is 3. The molecule has 0 atom stereocenters. The molecule has 6 nitrogen and oxygen atoms in total.